The van der Waals surface area contributed by atoms with E-state index in [2.05, 4.69) is 13.8 Å². The highest BCUT2D eigenvalue weighted by molar-refractivity contribution is 5.90. The molecule has 0 bridgehead atoms. The number of hydrogen-bond acceptors (Lipinski definition) is 5. The molecule has 0 heterocycles. The smallest absolute Gasteiger partial charge is 0.338 e. The summed E-state index contributed by atoms with van der Waals surface area (Å²) in [5.74, 6) is 0.567. The third-order valence-electron chi connectivity index (χ3n) is 4.88. The Morgan fingerprint density at radius 2 is 0.968 bits per heavy atom. The lowest BCUT2D eigenvalue weighted by Crippen LogP contribution is -2.06. The van der Waals surface area contributed by atoms with Crippen molar-refractivity contribution < 1.29 is 23.8 Å². The van der Waals surface area contributed by atoms with Gasteiger partial charge in [0.1, 0.15) is 11.5 Å². The average molecular weight is 427 g/mol. The van der Waals surface area contributed by atoms with Crippen molar-refractivity contribution in [2.24, 2.45) is 0 Å². The Hall–Kier alpha value is -2.82. The zero-order valence-electron chi connectivity index (χ0n) is 18.7. The molecule has 31 heavy (non-hydrogen) atoms. The van der Waals surface area contributed by atoms with E-state index in [1.807, 2.05) is 0 Å². The molecular weight excluding hydrogens is 392 g/mol. The Morgan fingerprint density at radius 1 is 0.581 bits per heavy atom. The fourth-order valence-corrected chi connectivity index (χ4v) is 3.01. The van der Waals surface area contributed by atoms with Gasteiger partial charge in [-0.1, -0.05) is 52.4 Å². The quantitative estimate of drug-likeness (QED) is 0.241. The second kappa shape index (κ2) is 14.2. The predicted molar refractivity (Wildman–Crippen MR) is 122 cm³/mol. The van der Waals surface area contributed by atoms with E-state index in [9.17, 15) is 9.59 Å². The van der Waals surface area contributed by atoms with Crippen molar-refractivity contribution in [2.75, 3.05) is 13.2 Å². The molecule has 0 aromatic heterocycles. The van der Waals surface area contributed by atoms with Gasteiger partial charge in [-0.15, -0.1) is 0 Å². The molecule has 0 atom stereocenters. The van der Waals surface area contributed by atoms with Gasteiger partial charge in [-0.3, -0.25) is 0 Å². The van der Waals surface area contributed by atoms with Crippen molar-refractivity contribution in [3.8, 4) is 11.5 Å². The largest absolute Gasteiger partial charge is 0.462 e. The van der Waals surface area contributed by atoms with Crippen molar-refractivity contribution in [1.82, 2.24) is 0 Å². The first-order chi connectivity index (χ1) is 15.1. The standard InChI is InChI=1S/C26H34O5/c1-3-5-7-9-19-29-25(27)21-11-15-23(16-12-21)31-24-17-13-22(14-18-24)26(28)30-20-10-8-6-4-2/h11-18H,3-10,19-20H2,1-2H3. The minimum atomic E-state index is -0.319. The molecule has 0 unspecified atom stereocenters. The normalized spacial score (nSPS) is 10.5. The fraction of sp³-hybridized carbons (Fsp3) is 0.462. The molecule has 0 radical (unpaired) electrons. The van der Waals surface area contributed by atoms with Crippen LogP contribution in [-0.2, 0) is 9.47 Å². The molecule has 0 saturated carbocycles. The van der Waals surface area contributed by atoms with Gasteiger partial charge >= 0.3 is 11.9 Å². The minimum absolute atomic E-state index is 0.319. The van der Waals surface area contributed by atoms with E-state index >= 15 is 0 Å². The number of carbonyl (C=O) groups is 2. The number of esters is 2. The molecule has 0 aliphatic heterocycles. The van der Waals surface area contributed by atoms with Crippen LogP contribution in [0.15, 0.2) is 48.5 Å². The van der Waals surface area contributed by atoms with E-state index < -0.39 is 0 Å². The monoisotopic (exact) mass is 426 g/mol. The molecule has 5 heteroatoms. The Balaban J connectivity index is 1.78. The fourth-order valence-electron chi connectivity index (χ4n) is 3.01. The van der Waals surface area contributed by atoms with E-state index in [0.29, 0.717) is 35.8 Å². The van der Waals surface area contributed by atoms with Crippen LogP contribution < -0.4 is 4.74 Å². The molecular formula is C26H34O5. The number of ether oxygens (including phenoxy) is 3. The number of unbranched alkanes of at least 4 members (excludes halogenated alkanes) is 6. The van der Waals surface area contributed by atoms with Gasteiger partial charge < -0.3 is 14.2 Å². The van der Waals surface area contributed by atoms with Gasteiger partial charge in [0.15, 0.2) is 0 Å². The van der Waals surface area contributed by atoms with E-state index in [4.69, 9.17) is 14.2 Å². The number of rotatable bonds is 14. The minimum Gasteiger partial charge on any atom is -0.462 e. The topological polar surface area (TPSA) is 61.8 Å². The average Bonchev–Trinajstić information content (AvgIpc) is 2.79. The summed E-state index contributed by atoms with van der Waals surface area (Å²) in [7, 11) is 0. The Bertz CT molecular complexity index is 713. The van der Waals surface area contributed by atoms with E-state index in [0.717, 1.165) is 51.4 Å². The number of benzene rings is 2. The van der Waals surface area contributed by atoms with Crippen molar-refractivity contribution in [1.29, 1.82) is 0 Å². The van der Waals surface area contributed by atoms with Crippen LogP contribution >= 0.6 is 0 Å². The van der Waals surface area contributed by atoms with Gasteiger partial charge in [0.2, 0.25) is 0 Å². The molecule has 2 rings (SSSR count). The maximum atomic E-state index is 12.1. The molecule has 0 N–H and O–H groups in total. The Kier molecular flexibility index (Phi) is 11.2. The highest BCUT2D eigenvalue weighted by Gasteiger charge is 2.09. The van der Waals surface area contributed by atoms with Crippen LogP contribution in [0.25, 0.3) is 0 Å². The van der Waals surface area contributed by atoms with Crippen LogP contribution in [0.1, 0.15) is 85.9 Å². The SMILES string of the molecule is CCCCCCOC(=O)c1ccc(Oc2ccc(C(=O)OCCCCCC)cc2)cc1. The molecule has 0 fully saturated rings. The Labute approximate surface area is 185 Å². The van der Waals surface area contributed by atoms with Gasteiger partial charge in [0.05, 0.1) is 24.3 Å². The molecule has 2 aromatic rings. The number of hydrogen-bond donors (Lipinski definition) is 0. The summed E-state index contributed by atoms with van der Waals surface area (Å²) in [4.78, 5) is 24.1. The second-order valence-corrected chi connectivity index (χ2v) is 7.54. The summed E-state index contributed by atoms with van der Waals surface area (Å²) < 4.78 is 16.4. The van der Waals surface area contributed by atoms with E-state index in [1.165, 1.54) is 0 Å². The van der Waals surface area contributed by atoms with Crippen LogP contribution in [0.4, 0.5) is 0 Å². The maximum absolute atomic E-state index is 12.1. The van der Waals surface area contributed by atoms with Crippen LogP contribution in [0, 0.1) is 0 Å². The lowest BCUT2D eigenvalue weighted by molar-refractivity contribution is 0.0488. The van der Waals surface area contributed by atoms with Gasteiger partial charge in [-0.2, -0.15) is 0 Å². The molecule has 0 spiro atoms. The summed E-state index contributed by atoms with van der Waals surface area (Å²) >= 11 is 0. The van der Waals surface area contributed by atoms with Crippen molar-refractivity contribution in [2.45, 2.75) is 65.2 Å². The zero-order valence-corrected chi connectivity index (χ0v) is 18.7. The first kappa shape index (κ1) is 24.4. The summed E-state index contributed by atoms with van der Waals surface area (Å²) in [6.07, 6.45) is 8.56. The summed E-state index contributed by atoms with van der Waals surface area (Å²) in [5, 5.41) is 0. The molecule has 5 nitrogen and oxygen atoms in total. The van der Waals surface area contributed by atoms with Crippen molar-refractivity contribution in [3.05, 3.63) is 59.7 Å². The third-order valence-corrected chi connectivity index (χ3v) is 4.88. The van der Waals surface area contributed by atoms with Crippen LogP contribution in [0.2, 0.25) is 0 Å². The van der Waals surface area contributed by atoms with Crippen LogP contribution in [0.5, 0.6) is 11.5 Å². The molecule has 0 amide bonds. The van der Waals surface area contributed by atoms with Gasteiger partial charge in [0, 0.05) is 0 Å². The van der Waals surface area contributed by atoms with Crippen LogP contribution in [0.3, 0.4) is 0 Å². The first-order valence-corrected chi connectivity index (χ1v) is 11.4. The highest BCUT2D eigenvalue weighted by atomic mass is 16.5. The highest BCUT2D eigenvalue weighted by Crippen LogP contribution is 2.22. The maximum Gasteiger partial charge on any atom is 0.338 e. The first-order valence-electron chi connectivity index (χ1n) is 11.4. The van der Waals surface area contributed by atoms with Crippen molar-refractivity contribution >= 4 is 11.9 Å². The summed E-state index contributed by atoms with van der Waals surface area (Å²) in [6.45, 7) is 5.19. The van der Waals surface area contributed by atoms with Crippen molar-refractivity contribution in [3.63, 3.8) is 0 Å². The summed E-state index contributed by atoms with van der Waals surface area (Å²) in [5.41, 5.74) is 1.000. The molecule has 0 aliphatic carbocycles. The molecule has 0 aliphatic rings. The zero-order chi connectivity index (χ0) is 22.3. The molecule has 168 valence electrons. The lowest BCUT2D eigenvalue weighted by atomic mass is 10.2. The Morgan fingerprint density at radius 3 is 1.32 bits per heavy atom. The van der Waals surface area contributed by atoms with E-state index in [-0.39, 0.29) is 11.9 Å². The van der Waals surface area contributed by atoms with Gasteiger partial charge in [-0.25, -0.2) is 9.59 Å². The molecule has 0 saturated heterocycles. The second-order valence-electron chi connectivity index (χ2n) is 7.54. The van der Waals surface area contributed by atoms with Gasteiger partial charge in [-0.05, 0) is 61.4 Å². The van der Waals surface area contributed by atoms with E-state index in [1.54, 1.807) is 48.5 Å². The van der Waals surface area contributed by atoms with Crippen LogP contribution in [-0.4, -0.2) is 25.2 Å². The summed E-state index contributed by atoms with van der Waals surface area (Å²) in [6, 6.07) is 13.7. The predicted octanol–water partition coefficient (Wildman–Crippen LogP) is 6.95. The van der Waals surface area contributed by atoms with Gasteiger partial charge in [0.25, 0.3) is 0 Å². The molecule has 2 aromatic carbocycles. The third kappa shape index (κ3) is 9.24. The number of carbonyl (C=O) groups excluding carboxylic acids is 2. The lowest BCUT2D eigenvalue weighted by Gasteiger charge is -2.08.